The van der Waals surface area contributed by atoms with Crippen molar-refractivity contribution in [2.45, 2.75) is 40.2 Å². The maximum atomic E-state index is 12.8. The Kier molecular flexibility index (Phi) is 8.85. The van der Waals surface area contributed by atoms with Crippen LogP contribution in [0.25, 0.3) is 0 Å². The van der Waals surface area contributed by atoms with Crippen molar-refractivity contribution in [1.29, 1.82) is 0 Å². The molecule has 1 aromatic heterocycles. The first-order valence-corrected chi connectivity index (χ1v) is 11.0. The fraction of sp³-hybridized carbons (Fsp3) is 0.450. The van der Waals surface area contributed by atoms with E-state index >= 15 is 0 Å². The van der Waals surface area contributed by atoms with Gasteiger partial charge in [-0.1, -0.05) is 62.0 Å². The second-order valence-electron chi connectivity index (χ2n) is 7.57. The van der Waals surface area contributed by atoms with Gasteiger partial charge in [0.15, 0.2) is 0 Å². The van der Waals surface area contributed by atoms with E-state index < -0.39 is 17.2 Å². The van der Waals surface area contributed by atoms with E-state index in [9.17, 15) is 14.4 Å². The molecular weight excluding hydrogens is 465 g/mol. The number of aromatic amines is 1. The standard InChI is InChI=1S/C20H26Cl3N5O3/c1-4-5-6-28-18(24)17(19(30)26-20(28)31)27(9-11(2)3)10-16(29)25-15-8-13(22)12(21)7-14(15)23/h7-8,11H,4-6,9-10,24H2,1-3H3,(H,25,29)(H,26,30,31). The van der Waals surface area contributed by atoms with Crippen molar-refractivity contribution in [3.05, 3.63) is 48.0 Å². The van der Waals surface area contributed by atoms with Crippen molar-refractivity contribution in [1.82, 2.24) is 9.55 Å². The molecule has 0 saturated heterocycles. The number of amides is 1. The summed E-state index contributed by atoms with van der Waals surface area (Å²) in [6.45, 7) is 6.41. The van der Waals surface area contributed by atoms with Gasteiger partial charge in [-0.05, 0) is 24.5 Å². The highest BCUT2D eigenvalue weighted by Crippen LogP contribution is 2.32. The highest BCUT2D eigenvalue weighted by molar-refractivity contribution is 6.44. The summed E-state index contributed by atoms with van der Waals surface area (Å²) in [5.74, 6) is -0.301. The van der Waals surface area contributed by atoms with Crippen LogP contribution < -0.4 is 27.2 Å². The van der Waals surface area contributed by atoms with Gasteiger partial charge in [0, 0.05) is 13.1 Å². The van der Waals surface area contributed by atoms with Crippen molar-refractivity contribution in [2.24, 2.45) is 5.92 Å². The first-order chi connectivity index (χ1) is 14.5. The number of rotatable bonds is 9. The molecular formula is C20H26Cl3N5O3. The number of hydrogen-bond acceptors (Lipinski definition) is 5. The number of nitrogen functional groups attached to an aromatic ring is 1. The number of benzene rings is 1. The van der Waals surface area contributed by atoms with Crippen molar-refractivity contribution in [3.63, 3.8) is 0 Å². The maximum Gasteiger partial charge on any atom is 0.330 e. The number of nitrogens with one attached hydrogen (secondary N) is 2. The summed E-state index contributed by atoms with van der Waals surface area (Å²) < 4.78 is 1.32. The number of halogens is 3. The monoisotopic (exact) mass is 489 g/mol. The minimum atomic E-state index is -0.642. The van der Waals surface area contributed by atoms with Gasteiger partial charge in [0.2, 0.25) is 5.91 Å². The summed E-state index contributed by atoms with van der Waals surface area (Å²) in [6.07, 6.45) is 1.57. The van der Waals surface area contributed by atoms with Gasteiger partial charge in [0.05, 0.1) is 27.3 Å². The lowest BCUT2D eigenvalue weighted by Gasteiger charge is -2.27. The molecule has 0 saturated carbocycles. The zero-order valence-corrected chi connectivity index (χ0v) is 19.9. The molecule has 11 heteroatoms. The summed E-state index contributed by atoms with van der Waals surface area (Å²) >= 11 is 18.1. The Bertz CT molecular complexity index is 1070. The highest BCUT2D eigenvalue weighted by atomic mass is 35.5. The van der Waals surface area contributed by atoms with Gasteiger partial charge < -0.3 is 16.0 Å². The Balaban J connectivity index is 2.38. The Morgan fingerprint density at radius 2 is 1.84 bits per heavy atom. The van der Waals surface area contributed by atoms with Crippen LogP contribution in [0.4, 0.5) is 17.2 Å². The molecule has 1 heterocycles. The Morgan fingerprint density at radius 1 is 1.19 bits per heavy atom. The highest BCUT2D eigenvalue weighted by Gasteiger charge is 2.22. The molecule has 1 aromatic carbocycles. The molecule has 4 N–H and O–H groups in total. The van der Waals surface area contributed by atoms with E-state index in [1.807, 2.05) is 20.8 Å². The normalized spacial score (nSPS) is 11.1. The molecule has 0 bridgehead atoms. The lowest BCUT2D eigenvalue weighted by molar-refractivity contribution is -0.115. The van der Waals surface area contributed by atoms with E-state index in [1.54, 1.807) is 4.90 Å². The van der Waals surface area contributed by atoms with Crippen molar-refractivity contribution in [3.8, 4) is 0 Å². The van der Waals surface area contributed by atoms with Gasteiger partial charge in [-0.15, -0.1) is 0 Å². The third-order valence-electron chi connectivity index (χ3n) is 4.47. The molecule has 170 valence electrons. The molecule has 0 fully saturated rings. The Labute approximate surface area is 195 Å². The molecule has 1 amide bonds. The number of H-pyrrole nitrogens is 1. The van der Waals surface area contributed by atoms with E-state index in [1.165, 1.54) is 16.7 Å². The van der Waals surface area contributed by atoms with Gasteiger partial charge in [-0.25, -0.2) is 4.79 Å². The van der Waals surface area contributed by atoms with E-state index in [0.717, 1.165) is 12.8 Å². The molecule has 0 spiro atoms. The van der Waals surface area contributed by atoms with E-state index in [0.29, 0.717) is 18.8 Å². The van der Waals surface area contributed by atoms with Gasteiger partial charge >= 0.3 is 5.69 Å². The van der Waals surface area contributed by atoms with E-state index in [4.69, 9.17) is 40.5 Å². The van der Waals surface area contributed by atoms with Crippen molar-refractivity contribution >= 4 is 57.9 Å². The number of nitrogens with zero attached hydrogens (tertiary/aromatic N) is 2. The zero-order valence-electron chi connectivity index (χ0n) is 17.6. The molecule has 0 aliphatic carbocycles. The third-order valence-corrected chi connectivity index (χ3v) is 5.50. The summed E-state index contributed by atoms with van der Waals surface area (Å²) in [5, 5.41) is 3.40. The van der Waals surface area contributed by atoms with Crippen LogP contribution >= 0.6 is 34.8 Å². The van der Waals surface area contributed by atoms with Crippen LogP contribution in [-0.4, -0.2) is 28.5 Å². The minimum Gasteiger partial charge on any atom is -0.383 e. The molecule has 31 heavy (non-hydrogen) atoms. The van der Waals surface area contributed by atoms with E-state index in [-0.39, 0.29) is 39.0 Å². The van der Waals surface area contributed by atoms with Crippen molar-refractivity contribution < 1.29 is 4.79 Å². The minimum absolute atomic E-state index is 0.0308. The third kappa shape index (κ3) is 6.41. The molecule has 2 rings (SSSR count). The average Bonchev–Trinajstić information content (AvgIpc) is 2.65. The molecule has 0 unspecified atom stereocenters. The molecule has 8 nitrogen and oxygen atoms in total. The first kappa shape index (κ1) is 25.1. The smallest absolute Gasteiger partial charge is 0.330 e. The van der Waals surface area contributed by atoms with Crippen molar-refractivity contribution in [2.75, 3.05) is 29.0 Å². The quantitative estimate of drug-likeness (QED) is 0.460. The van der Waals surface area contributed by atoms with E-state index in [2.05, 4.69) is 10.3 Å². The summed E-state index contributed by atoms with van der Waals surface area (Å²) in [5.41, 5.74) is 5.37. The summed E-state index contributed by atoms with van der Waals surface area (Å²) in [7, 11) is 0. The van der Waals surface area contributed by atoms with Crippen LogP contribution in [0, 0.1) is 5.92 Å². The van der Waals surface area contributed by atoms with Crippen LogP contribution in [0.2, 0.25) is 15.1 Å². The predicted octanol–water partition coefficient (Wildman–Crippen LogP) is 3.98. The zero-order chi connectivity index (χ0) is 23.3. The molecule has 0 aliphatic heterocycles. The Hall–Kier alpha value is -2.16. The molecule has 0 aliphatic rings. The molecule has 0 radical (unpaired) electrons. The number of anilines is 3. The lowest BCUT2D eigenvalue weighted by atomic mass is 10.2. The predicted molar refractivity (Wildman–Crippen MR) is 128 cm³/mol. The summed E-state index contributed by atoms with van der Waals surface area (Å²) in [4.78, 5) is 41.4. The first-order valence-electron chi connectivity index (χ1n) is 9.87. The second-order valence-corrected chi connectivity index (χ2v) is 8.79. The van der Waals surface area contributed by atoms with Gasteiger partial charge in [-0.2, -0.15) is 0 Å². The van der Waals surface area contributed by atoms with Crippen LogP contribution in [0.5, 0.6) is 0 Å². The number of carbonyl (C=O) groups excluding carboxylic acids is 1. The number of aromatic nitrogens is 2. The van der Waals surface area contributed by atoms with Crippen LogP contribution in [0.3, 0.4) is 0 Å². The maximum absolute atomic E-state index is 12.8. The van der Waals surface area contributed by atoms with Crippen LogP contribution in [-0.2, 0) is 11.3 Å². The fourth-order valence-electron chi connectivity index (χ4n) is 3.08. The average molecular weight is 491 g/mol. The molecule has 2 aromatic rings. The number of nitrogens with two attached hydrogens (primary N) is 1. The molecule has 0 atom stereocenters. The Morgan fingerprint density at radius 3 is 2.45 bits per heavy atom. The number of unbranched alkanes of at least 4 members (excludes halogenated alkanes) is 1. The van der Waals surface area contributed by atoms with Gasteiger partial charge in [0.25, 0.3) is 5.56 Å². The largest absolute Gasteiger partial charge is 0.383 e. The fourth-order valence-corrected chi connectivity index (χ4v) is 3.67. The lowest BCUT2D eigenvalue weighted by Crippen LogP contribution is -2.43. The van der Waals surface area contributed by atoms with Gasteiger partial charge in [0.1, 0.15) is 11.5 Å². The number of carbonyl (C=O) groups is 1. The van der Waals surface area contributed by atoms with Crippen LogP contribution in [0.15, 0.2) is 21.7 Å². The van der Waals surface area contributed by atoms with Gasteiger partial charge in [-0.3, -0.25) is 19.1 Å². The number of hydrogen-bond donors (Lipinski definition) is 3. The summed E-state index contributed by atoms with van der Waals surface area (Å²) in [6, 6.07) is 2.88. The SMILES string of the molecule is CCCCn1c(N)c(N(CC(=O)Nc2cc(Cl)c(Cl)cc2Cl)CC(C)C)c(=O)[nH]c1=O. The second kappa shape index (κ2) is 10.9. The topological polar surface area (TPSA) is 113 Å². The van der Waals surface area contributed by atoms with Crippen LogP contribution in [0.1, 0.15) is 33.6 Å².